The normalized spacial score (nSPS) is 11.1. The van der Waals surface area contributed by atoms with E-state index in [9.17, 15) is 12.8 Å². The quantitative estimate of drug-likeness (QED) is 0.902. The van der Waals surface area contributed by atoms with Gasteiger partial charge in [0, 0.05) is 0 Å². The highest BCUT2D eigenvalue weighted by atomic mass is 32.2. The lowest BCUT2D eigenvalue weighted by atomic mass is 10.3. The van der Waals surface area contributed by atoms with Gasteiger partial charge in [0.25, 0.3) is 0 Å². The van der Waals surface area contributed by atoms with Crippen molar-refractivity contribution >= 4 is 27.2 Å². The number of hydrogen-bond acceptors (Lipinski definition) is 4. The second-order valence-electron chi connectivity index (χ2n) is 3.91. The van der Waals surface area contributed by atoms with Crippen molar-refractivity contribution in [3.63, 3.8) is 0 Å². The van der Waals surface area contributed by atoms with Gasteiger partial charge in [-0.3, -0.25) is 4.72 Å². The fourth-order valence-corrected chi connectivity index (χ4v) is 1.94. The summed E-state index contributed by atoms with van der Waals surface area (Å²) in [5.41, 5.74) is 0.886. The van der Waals surface area contributed by atoms with E-state index < -0.39 is 10.0 Å². The van der Waals surface area contributed by atoms with Crippen LogP contribution in [-0.4, -0.2) is 19.7 Å². The Morgan fingerprint density at radius 3 is 2.47 bits per heavy atom. The zero-order valence-electron chi connectivity index (χ0n) is 10.1. The van der Waals surface area contributed by atoms with Crippen LogP contribution in [0.4, 0.5) is 21.6 Å². The third-order valence-electron chi connectivity index (χ3n) is 2.21. The van der Waals surface area contributed by atoms with Crippen molar-refractivity contribution in [2.75, 3.05) is 16.3 Å². The maximum atomic E-state index is 13.4. The Morgan fingerprint density at radius 2 is 1.89 bits per heavy atom. The van der Waals surface area contributed by atoms with Gasteiger partial charge in [0.2, 0.25) is 10.0 Å². The van der Waals surface area contributed by atoms with Gasteiger partial charge in [0.05, 0.1) is 23.8 Å². The maximum absolute atomic E-state index is 13.4. The van der Waals surface area contributed by atoms with Crippen molar-refractivity contribution in [1.82, 2.24) is 4.98 Å². The summed E-state index contributed by atoms with van der Waals surface area (Å²) in [6.45, 7) is 0. The number of nitrogens with zero attached hydrogens (tertiary/aromatic N) is 1. The molecule has 1 aromatic carbocycles. The second-order valence-corrected chi connectivity index (χ2v) is 5.66. The van der Waals surface area contributed by atoms with Crippen molar-refractivity contribution < 1.29 is 12.8 Å². The number of para-hydroxylation sites is 1. The second kappa shape index (κ2) is 5.23. The molecule has 0 aliphatic carbocycles. The molecule has 0 aliphatic heterocycles. The molecule has 0 radical (unpaired) electrons. The summed E-state index contributed by atoms with van der Waals surface area (Å²) in [6, 6.07) is 9.33. The number of sulfonamides is 1. The van der Waals surface area contributed by atoms with Crippen LogP contribution in [0.3, 0.4) is 0 Å². The Kier molecular flexibility index (Phi) is 3.66. The standard InChI is InChI=1S/C12H12FN3O2S/c1-19(17,18)16-12-7-6-9(8-14-12)15-11-5-3-2-4-10(11)13/h2-8,15H,1H3,(H,14,16). The lowest BCUT2D eigenvalue weighted by Gasteiger charge is -2.08. The molecule has 0 saturated heterocycles. The van der Waals surface area contributed by atoms with E-state index in [2.05, 4.69) is 15.0 Å². The Labute approximate surface area is 110 Å². The molecule has 0 unspecified atom stereocenters. The predicted octanol–water partition coefficient (Wildman–Crippen LogP) is 2.34. The van der Waals surface area contributed by atoms with E-state index in [1.54, 1.807) is 24.3 Å². The van der Waals surface area contributed by atoms with Gasteiger partial charge in [-0.2, -0.15) is 0 Å². The minimum atomic E-state index is -3.35. The molecule has 0 spiro atoms. The van der Waals surface area contributed by atoms with Crippen LogP contribution in [0.5, 0.6) is 0 Å². The monoisotopic (exact) mass is 281 g/mol. The van der Waals surface area contributed by atoms with E-state index in [1.807, 2.05) is 0 Å². The average Bonchev–Trinajstić information content (AvgIpc) is 2.33. The Hall–Kier alpha value is -2.15. The number of benzene rings is 1. The fourth-order valence-electron chi connectivity index (χ4n) is 1.44. The molecule has 19 heavy (non-hydrogen) atoms. The van der Waals surface area contributed by atoms with Crippen LogP contribution in [0.1, 0.15) is 0 Å². The molecule has 2 rings (SSSR count). The summed E-state index contributed by atoms with van der Waals surface area (Å²) < 4.78 is 37.7. The van der Waals surface area contributed by atoms with E-state index in [0.717, 1.165) is 6.26 Å². The fraction of sp³-hybridized carbons (Fsp3) is 0.0833. The van der Waals surface area contributed by atoms with Gasteiger partial charge in [0.15, 0.2) is 0 Å². The summed E-state index contributed by atoms with van der Waals surface area (Å²) >= 11 is 0. The number of halogens is 1. The first-order valence-electron chi connectivity index (χ1n) is 5.39. The molecular weight excluding hydrogens is 269 g/mol. The molecule has 0 atom stereocenters. The van der Waals surface area contributed by atoms with E-state index in [0.29, 0.717) is 11.4 Å². The van der Waals surface area contributed by atoms with Gasteiger partial charge in [-0.05, 0) is 24.3 Å². The van der Waals surface area contributed by atoms with Crippen LogP contribution in [0.15, 0.2) is 42.6 Å². The lowest BCUT2D eigenvalue weighted by molar-refractivity contribution is 0.606. The van der Waals surface area contributed by atoms with Crippen LogP contribution in [-0.2, 0) is 10.0 Å². The summed E-state index contributed by atoms with van der Waals surface area (Å²) in [4.78, 5) is 3.91. The third-order valence-corrected chi connectivity index (χ3v) is 2.79. The van der Waals surface area contributed by atoms with Gasteiger partial charge in [-0.25, -0.2) is 17.8 Å². The minimum absolute atomic E-state index is 0.210. The zero-order valence-corrected chi connectivity index (χ0v) is 10.9. The van der Waals surface area contributed by atoms with E-state index in [1.165, 1.54) is 18.3 Å². The van der Waals surface area contributed by atoms with Crippen molar-refractivity contribution in [2.24, 2.45) is 0 Å². The van der Waals surface area contributed by atoms with Crippen LogP contribution in [0.2, 0.25) is 0 Å². The molecule has 0 aliphatic rings. The first-order valence-corrected chi connectivity index (χ1v) is 7.28. The highest BCUT2D eigenvalue weighted by Gasteiger charge is 2.04. The van der Waals surface area contributed by atoms with Crippen LogP contribution < -0.4 is 10.0 Å². The molecule has 0 bridgehead atoms. The van der Waals surface area contributed by atoms with Crippen molar-refractivity contribution in [2.45, 2.75) is 0 Å². The molecule has 2 aromatic rings. The predicted molar refractivity (Wildman–Crippen MR) is 72.4 cm³/mol. The minimum Gasteiger partial charge on any atom is -0.352 e. The van der Waals surface area contributed by atoms with Crippen molar-refractivity contribution in [3.05, 3.63) is 48.4 Å². The van der Waals surface area contributed by atoms with Gasteiger partial charge in [-0.1, -0.05) is 12.1 Å². The summed E-state index contributed by atoms with van der Waals surface area (Å²) in [5, 5.41) is 2.85. The van der Waals surface area contributed by atoms with Gasteiger partial charge < -0.3 is 5.32 Å². The number of anilines is 3. The van der Waals surface area contributed by atoms with E-state index >= 15 is 0 Å². The smallest absolute Gasteiger partial charge is 0.230 e. The molecule has 7 heteroatoms. The largest absolute Gasteiger partial charge is 0.352 e. The Morgan fingerprint density at radius 1 is 1.16 bits per heavy atom. The number of nitrogens with one attached hydrogen (secondary N) is 2. The van der Waals surface area contributed by atoms with Crippen LogP contribution >= 0.6 is 0 Å². The molecule has 0 amide bonds. The summed E-state index contributed by atoms with van der Waals surface area (Å²) in [5.74, 6) is -0.164. The molecule has 0 fully saturated rings. The highest BCUT2D eigenvalue weighted by Crippen LogP contribution is 2.19. The first kappa shape index (κ1) is 13.3. The molecule has 1 aromatic heterocycles. The Bertz CT molecular complexity index is 672. The summed E-state index contributed by atoms with van der Waals surface area (Å²) in [7, 11) is -3.35. The number of aromatic nitrogens is 1. The number of pyridine rings is 1. The maximum Gasteiger partial charge on any atom is 0.230 e. The lowest BCUT2D eigenvalue weighted by Crippen LogP contribution is -2.10. The SMILES string of the molecule is CS(=O)(=O)Nc1ccc(Nc2ccccc2F)cn1. The van der Waals surface area contributed by atoms with Gasteiger partial charge >= 0.3 is 0 Å². The van der Waals surface area contributed by atoms with Crippen molar-refractivity contribution in [3.8, 4) is 0 Å². The number of rotatable bonds is 4. The van der Waals surface area contributed by atoms with Gasteiger partial charge in [-0.15, -0.1) is 0 Å². The summed E-state index contributed by atoms with van der Waals surface area (Å²) in [6.07, 6.45) is 2.46. The van der Waals surface area contributed by atoms with E-state index in [4.69, 9.17) is 0 Å². The third kappa shape index (κ3) is 3.92. The van der Waals surface area contributed by atoms with Gasteiger partial charge in [0.1, 0.15) is 11.6 Å². The highest BCUT2D eigenvalue weighted by molar-refractivity contribution is 7.92. The average molecular weight is 281 g/mol. The van der Waals surface area contributed by atoms with Crippen LogP contribution in [0, 0.1) is 5.82 Å². The molecular formula is C12H12FN3O2S. The van der Waals surface area contributed by atoms with Crippen molar-refractivity contribution in [1.29, 1.82) is 0 Å². The zero-order chi connectivity index (χ0) is 13.9. The molecule has 2 N–H and O–H groups in total. The molecule has 0 saturated carbocycles. The molecule has 5 nitrogen and oxygen atoms in total. The number of hydrogen-bond donors (Lipinski definition) is 2. The first-order chi connectivity index (χ1) is 8.94. The molecule has 100 valence electrons. The Balaban J connectivity index is 2.13. The molecule has 1 heterocycles. The van der Waals surface area contributed by atoms with Crippen LogP contribution in [0.25, 0.3) is 0 Å². The van der Waals surface area contributed by atoms with E-state index in [-0.39, 0.29) is 11.6 Å². The topological polar surface area (TPSA) is 71.1 Å².